The summed E-state index contributed by atoms with van der Waals surface area (Å²) in [5, 5.41) is 3.53. The summed E-state index contributed by atoms with van der Waals surface area (Å²) in [4.78, 5) is 5.25. The van der Waals surface area contributed by atoms with Gasteiger partial charge in [0.05, 0.1) is 0 Å². The van der Waals surface area contributed by atoms with Gasteiger partial charge in [-0.15, -0.1) is 0 Å². The van der Waals surface area contributed by atoms with Crippen LogP contribution in [0, 0.1) is 5.41 Å². The van der Waals surface area contributed by atoms with Gasteiger partial charge >= 0.3 is 0 Å². The SMILES string of the molecule is CCCC1(CN2CCN(C)C(C)(C)C2)CCNCC1. The van der Waals surface area contributed by atoms with E-state index in [1.165, 1.54) is 65.0 Å². The van der Waals surface area contributed by atoms with Crippen molar-refractivity contribution in [2.45, 2.75) is 52.0 Å². The molecular formula is C16H33N3. The number of piperazine rings is 1. The van der Waals surface area contributed by atoms with Crippen LogP contribution in [0.15, 0.2) is 0 Å². The third kappa shape index (κ3) is 3.71. The lowest BCUT2D eigenvalue weighted by Gasteiger charge is -2.49. The minimum Gasteiger partial charge on any atom is -0.317 e. The predicted molar refractivity (Wildman–Crippen MR) is 82.6 cm³/mol. The Hall–Kier alpha value is -0.120. The first-order chi connectivity index (χ1) is 8.97. The van der Waals surface area contributed by atoms with E-state index in [1.807, 2.05) is 0 Å². The van der Waals surface area contributed by atoms with Gasteiger partial charge < -0.3 is 5.32 Å². The van der Waals surface area contributed by atoms with Gasteiger partial charge in [0.25, 0.3) is 0 Å². The average molecular weight is 267 g/mol. The Bertz CT molecular complexity index is 276. The van der Waals surface area contributed by atoms with Crippen LogP contribution in [0.2, 0.25) is 0 Å². The van der Waals surface area contributed by atoms with Crippen LogP contribution in [0.3, 0.4) is 0 Å². The molecule has 19 heavy (non-hydrogen) atoms. The molecule has 2 aliphatic heterocycles. The highest BCUT2D eigenvalue weighted by molar-refractivity contribution is 4.93. The van der Waals surface area contributed by atoms with E-state index in [1.54, 1.807) is 0 Å². The molecule has 0 aromatic carbocycles. The number of piperidine rings is 1. The zero-order valence-corrected chi connectivity index (χ0v) is 13.5. The summed E-state index contributed by atoms with van der Waals surface area (Å²) < 4.78 is 0. The largest absolute Gasteiger partial charge is 0.317 e. The summed E-state index contributed by atoms with van der Waals surface area (Å²) in [6, 6.07) is 0. The number of nitrogens with one attached hydrogen (secondary N) is 1. The van der Waals surface area contributed by atoms with Crippen molar-refractivity contribution in [3.8, 4) is 0 Å². The smallest absolute Gasteiger partial charge is 0.0277 e. The van der Waals surface area contributed by atoms with E-state index in [4.69, 9.17) is 0 Å². The molecule has 112 valence electrons. The molecular weight excluding hydrogens is 234 g/mol. The fraction of sp³-hybridized carbons (Fsp3) is 1.00. The Balaban J connectivity index is 1.97. The number of rotatable bonds is 4. The van der Waals surface area contributed by atoms with E-state index in [0.717, 1.165) is 0 Å². The summed E-state index contributed by atoms with van der Waals surface area (Å²) in [7, 11) is 2.27. The maximum absolute atomic E-state index is 3.53. The number of hydrogen-bond donors (Lipinski definition) is 1. The Kier molecular flexibility index (Phi) is 4.91. The first kappa shape index (κ1) is 15.3. The third-order valence-electron chi connectivity index (χ3n) is 5.40. The Morgan fingerprint density at radius 1 is 1.11 bits per heavy atom. The van der Waals surface area contributed by atoms with Crippen molar-refractivity contribution in [3.63, 3.8) is 0 Å². The van der Waals surface area contributed by atoms with Crippen LogP contribution in [0.25, 0.3) is 0 Å². The minimum atomic E-state index is 0.332. The monoisotopic (exact) mass is 267 g/mol. The average Bonchev–Trinajstić information content (AvgIpc) is 2.35. The number of nitrogens with zero attached hydrogens (tertiary/aromatic N) is 2. The molecule has 0 aliphatic carbocycles. The van der Waals surface area contributed by atoms with Crippen LogP contribution >= 0.6 is 0 Å². The fourth-order valence-electron chi connectivity index (χ4n) is 3.92. The van der Waals surface area contributed by atoms with Gasteiger partial charge in [-0.1, -0.05) is 13.3 Å². The van der Waals surface area contributed by atoms with Crippen molar-refractivity contribution in [1.29, 1.82) is 0 Å². The van der Waals surface area contributed by atoms with Crippen LogP contribution in [0.5, 0.6) is 0 Å². The number of likely N-dealkylation sites (N-methyl/N-ethyl adjacent to an activating group) is 1. The van der Waals surface area contributed by atoms with Crippen LogP contribution < -0.4 is 5.32 Å². The molecule has 2 heterocycles. The molecule has 1 N–H and O–H groups in total. The Morgan fingerprint density at radius 2 is 1.79 bits per heavy atom. The topological polar surface area (TPSA) is 18.5 Å². The highest BCUT2D eigenvalue weighted by atomic mass is 15.3. The quantitative estimate of drug-likeness (QED) is 0.842. The summed E-state index contributed by atoms with van der Waals surface area (Å²) >= 11 is 0. The first-order valence-corrected chi connectivity index (χ1v) is 8.12. The summed E-state index contributed by atoms with van der Waals surface area (Å²) in [5.41, 5.74) is 0.921. The summed E-state index contributed by atoms with van der Waals surface area (Å²) in [5.74, 6) is 0. The number of hydrogen-bond acceptors (Lipinski definition) is 3. The molecule has 2 aliphatic rings. The van der Waals surface area contributed by atoms with Crippen molar-refractivity contribution >= 4 is 0 Å². The second kappa shape index (κ2) is 6.11. The molecule has 0 spiro atoms. The molecule has 2 rings (SSSR count). The normalized spacial score (nSPS) is 28.4. The van der Waals surface area contributed by atoms with E-state index in [9.17, 15) is 0 Å². The molecule has 0 aromatic rings. The van der Waals surface area contributed by atoms with E-state index in [0.29, 0.717) is 11.0 Å². The second-order valence-corrected chi connectivity index (χ2v) is 7.44. The van der Waals surface area contributed by atoms with E-state index >= 15 is 0 Å². The first-order valence-electron chi connectivity index (χ1n) is 8.12. The Morgan fingerprint density at radius 3 is 2.37 bits per heavy atom. The molecule has 2 saturated heterocycles. The molecule has 0 saturated carbocycles. The highest BCUT2D eigenvalue weighted by Gasteiger charge is 2.37. The van der Waals surface area contributed by atoms with Gasteiger partial charge in [-0.3, -0.25) is 9.80 Å². The highest BCUT2D eigenvalue weighted by Crippen LogP contribution is 2.36. The molecule has 0 unspecified atom stereocenters. The van der Waals surface area contributed by atoms with Crippen molar-refractivity contribution < 1.29 is 0 Å². The predicted octanol–water partition coefficient (Wildman–Crippen LogP) is 2.18. The second-order valence-electron chi connectivity index (χ2n) is 7.44. The molecule has 3 nitrogen and oxygen atoms in total. The van der Waals surface area contributed by atoms with Crippen LogP contribution in [0.1, 0.15) is 46.5 Å². The van der Waals surface area contributed by atoms with Gasteiger partial charge in [-0.05, 0) is 58.7 Å². The molecule has 2 fully saturated rings. The van der Waals surface area contributed by atoms with Gasteiger partial charge in [0, 0.05) is 31.7 Å². The maximum Gasteiger partial charge on any atom is 0.0277 e. The van der Waals surface area contributed by atoms with E-state index in [-0.39, 0.29) is 0 Å². The molecule has 0 bridgehead atoms. The lowest BCUT2D eigenvalue weighted by atomic mass is 9.74. The summed E-state index contributed by atoms with van der Waals surface area (Å²) in [6.07, 6.45) is 5.47. The van der Waals surface area contributed by atoms with Gasteiger partial charge in [0.15, 0.2) is 0 Å². The third-order valence-corrected chi connectivity index (χ3v) is 5.40. The molecule has 0 amide bonds. The lowest BCUT2D eigenvalue weighted by Crippen LogP contribution is -2.59. The fourth-order valence-corrected chi connectivity index (χ4v) is 3.92. The standard InChI is InChI=1S/C16H33N3/c1-5-6-16(7-9-17-10-8-16)14-19-12-11-18(4)15(2,3)13-19/h17H,5-14H2,1-4H3. The zero-order chi connectivity index (χ0) is 13.9. The molecule has 3 heteroatoms. The van der Waals surface area contributed by atoms with Gasteiger partial charge in [0.1, 0.15) is 0 Å². The summed E-state index contributed by atoms with van der Waals surface area (Å²) in [6.45, 7) is 14.6. The van der Waals surface area contributed by atoms with Crippen LogP contribution in [0.4, 0.5) is 0 Å². The molecule has 0 atom stereocenters. The zero-order valence-electron chi connectivity index (χ0n) is 13.5. The van der Waals surface area contributed by atoms with Crippen molar-refractivity contribution in [2.24, 2.45) is 5.41 Å². The van der Waals surface area contributed by atoms with Crippen molar-refractivity contribution in [3.05, 3.63) is 0 Å². The van der Waals surface area contributed by atoms with Gasteiger partial charge in [-0.25, -0.2) is 0 Å². The molecule has 0 aromatic heterocycles. The molecule has 0 radical (unpaired) electrons. The van der Waals surface area contributed by atoms with E-state index < -0.39 is 0 Å². The Labute approximate surface area is 119 Å². The maximum atomic E-state index is 3.53. The van der Waals surface area contributed by atoms with Crippen molar-refractivity contribution in [2.75, 3.05) is 46.3 Å². The van der Waals surface area contributed by atoms with Gasteiger partial charge in [0.2, 0.25) is 0 Å². The lowest BCUT2D eigenvalue weighted by molar-refractivity contribution is 0.00568. The minimum absolute atomic E-state index is 0.332. The van der Waals surface area contributed by atoms with Crippen LogP contribution in [-0.4, -0.2) is 61.7 Å². The van der Waals surface area contributed by atoms with Crippen LogP contribution in [-0.2, 0) is 0 Å². The van der Waals surface area contributed by atoms with Gasteiger partial charge in [-0.2, -0.15) is 0 Å². The van der Waals surface area contributed by atoms with E-state index in [2.05, 4.69) is 42.9 Å². The van der Waals surface area contributed by atoms with Crippen molar-refractivity contribution in [1.82, 2.24) is 15.1 Å².